The van der Waals surface area contributed by atoms with E-state index in [-0.39, 0.29) is 5.91 Å². The number of amides is 1. The first-order valence-electron chi connectivity index (χ1n) is 5.55. The molecular formula is C12H20N2OS. The van der Waals surface area contributed by atoms with Crippen molar-refractivity contribution in [3.05, 3.63) is 21.9 Å². The minimum absolute atomic E-state index is 0.203. The summed E-state index contributed by atoms with van der Waals surface area (Å²) in [5.41, 5.74) is 1.35. The largest absolute Gasteiger partial charge is 0.349 e. The van der Waals surface area contributed by atoms with Gasteiger partial charge in [-0.1, -0.05) is 0 Å². The normalized spacial score (nSPS) is 10.4. The first-order valence-corrected chi connectivity index (χ1v) is 6.43. The molecule has 1 aromatic rings. The van der Waals surface area contributed by atoms with Crippen molar-refractivity contribution in [2.45, 2.75) is 26.3 Å². The lowest BCUT2D eigenvalue weighted by Gasteiger charge is -2.10. The van der Waals surface area contributed by atoms with Crippen molar-refractivity contribution in [2.24, 2.45) is 0 Å². The molecule has 1 amide bonds. The second kappa shape index (κ2) is 6.66. The zero-order chi connectivity index (χ0) is 12.0. The molecule has 0 radical (unpaired) electrons. The standard InChI is InChI=1S/C12H20N2OS/c1-10-6-8-16-11(10)9-13-7-4-5-12(15)14(2)3/h6,8,13H,4-5,7,9H2,1-3H3. The van der Waals surface area contributed by atoms with Crippen LogP contribution in [0.15, 0.2) is 11.4 Å². The second-order valence-electron chi connectivity index (χ2n) is 4.10. The van der Waals surface area contributed by atoms with Crippen LogP contribution in [0.1, 0.15) is 23.3 Å². The Labute approximate surface area is 101 Å². The van der Waals surface area contributed by atoms with Gasteiger partial charge in [0, 0.05) is 31.9 Å². The Hall–Kier alpha value is -0.870. The minimum Gasteiger partial charge on any atom is -0.349 e. The van der Waals surface area contributed by atoms with Crippen LogP contribution >= 0.6 is 11.3 Å². The third kappa shape index (κ3) is 4.33. The summed E-state index contributed by atoms with van der Waals surface area (Å²) in [4.78, 5) is 14.3. The molecule has 0 aliphatic rings. The highest BCUT2D eigenvalue weighted by atomic mass is 32.1. The van der Waals surface area contributed by atoms with Crippen LogP contribution in [-0.2, 0) is 11.3 Å². The zero-order valence-electron chi connectivity index (χ0n) is 10.2. The van der Waals surface area contributed by atoms with Gasteiger partial charge in [-0.05, 0) is 36.9 Å². The van der Waals surface area contributed by atoms with Crippen molar-refractivity contribution < 1.29 is 4.79 Å². The number of carbonyl (C=O) groups excluding carboxylic acids is 1. The van der Waals surface area contributed by atoms with Crippen LogP contribution in [0.3, 0.4) is 0 Å². The van der Waals surface area contributed by atoms with Gasteiger partial charge in [0.15, 0.2) is 0 Å². The van der Waals surface area contributed by atoms with Gasteiger partial charge in [-0.2, -0.15) is 0 Å². The monoisotopic (exact) mass is 240 g/mol. The van der Waals surface area contributed by atoms with E-state index in [0.29, 0.717) is 6.42 Å². The highest BCUT2D eigenvalue weighted by molar-refractivity contribution is 7.10. The molecule has 3 nitrogen and oxygen atoms in total. The molecule has 0 saturated heterocycles. The highest BCUT2D eigenvalue weighted by Gasteiger charge is 2.03. The molecule has 1 aromatic heterocycles. The van der Waals surface area contributed by atoms with Gasteiger partial charge >= 0.3 is 0 Å². The van der Waals surface area contributed by atoms with Gasteiger partial charge in [0.2, 0.25) is 5.91 Å². The summed E-state index contributed by atoms with van der Waals surface area (Å²) in [7, 11) is 3.59. The Kier molecular flexibility index (Phi) is 5.49. The van der Waals surface area contributed by atoms with E-state index in [1.54, 1.807) is 30.3 Å². The van der Waals surface area contributed by atoms with E-state index in [9.17, 15) is 4.79 Å². The third-order valence-corrected chi connectivity index (χ3v) is 3.52. The fraction of sp³-hybridized carbons (Fsp3) is 0.583. The number of rotatable bonds is 6. The molecule has 16 heavy (non-hydrogen) atoms. The Morgan fingerprint density at radius 2 is 2.25 bits per heavy atom. The molecule has 4 heteroatoms. The van der Waals surface area contributed by atoms with E-state index in [1.807, 2.05) is 0 Å². The lowest BCUT2D eigenvalue weighted by atomic mass is 10.2. The van der Waals surface area contributed by atoms with E-state index in [0.717, 1.165) is 19.5 Å². The summed E-state index contributed by atoms with van der Waals surface area (Å²) < 4.78 is 0. The molecule has 1 heterocycles. The molecule has 0 unspecified atom stereocenters. The first kappa shape index (κ1) is 13.2. The van der Waals surface area contributed by atoms with E-state index in [2.05, 4.69) is 23.7 Å². The zero-order valence-corrected chi connectivity index (χ0v) is 11.1. The maximum absolute atomic E-state index is 11.3. The molecule has 0 aliphatic carbocycles. The van der Waals surface area contributed by atoms with Gasteiger partial charge in [0.1, 0.15) is 0 Å². The van der Waals surface area contributed by atoms with Crippen molar-refractivity contribution in [1.29, 1.82) is 0 Å². The molecule has 0 fully saturated rings. The fourth-order valence-corrected chi connectivity index (χ4v) is 2.25. The maximum atomic E-state index is 11.3. The van der Waals surface area contributed by atoms with Crippen molar-refractivity contribution in [1.82, 2.24) is 10.2 Å². The summed E-state index contributed by atoms with van der Waals surface area (Å²) in [5.74, 6) is 0.203. The maximum Gasteiger partial charge on any atom is 0.222 e. The van der Waals surface area contributed by atoms with Crippen molar-refractivity contribution in [3.8, 4) is 0 Å². The molecular weight excluding hydrogens is 220 g/mol. The average Bonchev–Trinajstić information content (AvgIpc) is 2.63. The first-order chi connectivity index (χ1) is 7.61. The number of carbonyl (C=O) groups is 1. The summed E-state index contributed by atoms with van der Waals surface area (Å²) in [6.45, 7) is 3.94. The van der Waals surface area contributed by atoms with Gasteiger partial charge in [-0.3, -0.25) is 4.79 Å². The topological polar surface area (TPSA) is 32.3 Å². The Morgan fingerprint density at radius 3 is 2.81 bits per heavy atom. The van der Waals surface area contributed by atoms with Gasteiger partial charge in [-0.25, -0.2) is 0 Å². The van der Waals surface area contributed by atoms with Crippen LogP contribution in [0, 0.1) is 6.92 Å². The van der Waals surface area contributed by atoms with Crippen LogP contribution in [0.5, 0.6) is 0 Å². The number of thiophene rings is 1. The molecule has 0 aliphatic heterocycles. The second-order valence-corrected chi connectivity index (χ2v) is 5.10. The smallest absolute Gasteiger partial charge is 0.222 e. The minimum atomic E-state index is 0.203. The Bertz CT molecular complexity index is 334. The molecule has 0 spiro atoms. The number of nitrogens with zero attached hydrogens (tertiary/aromatic N) is 1. The number of hydrogen-bond acceptors (Lipinski definition) is 3. The van der Waals surface area contributed by atoms with Gasteiger partial charge in [0.25, 0.3) is 0 Å². The molecule has 1 N–H and O–H groups in total. The van der Waals surface area contributed by atoms with E-state index in [4.69, 9.17) is 0 Å². The molecule has 0 atom stereocenters. The van der Waals surface area contributed by atoms with Gasteiger partial charge in [0.05, 0.1) is 0 Å². The SMILES string of the molecule is Cc1ccsc1CNCCCC(=O)N(C)C. The van der Waals surface area contributed by atoms with Crippen LogP contribution in [0.2, 0.25) is 0 Å². The lowest BCUT2D eigenvalue weighted by Crippen LogP contribution is -2.23. The number of aryl methyl sites for hydroxylation is 1. The average molecular weight is 240 g/mol. The molecule has 0 aromatic carbocycles. The van der Waals surface area contributed by atoms with Crippen LogP contribution in [0.25, 0.3) is 0 Å². The van der Waals surface area contributed by atoms with Gasteiger partial charge in [-0.15, -0.1) is 11.3 Å². The quantitative estimate of drug-likeness (QED) is 0.772. The fourth-order valence-electron chi connectivity index (χ4n) is 1.38. The predicted molar refractivity (Wildman–Crippen MR) is 68.7 cm³/mol. The van der Waals surface area contributed by atoms with Crippen molar-refractivity contribution in [2.75, 3.05) is 20.6 Å². The number of nitrogens with one attached hydrogen (secondary N) is 1. The molecule has 90 valence electrons. The summed E-state index contributed by atoms with van der Waals surface area (Å²) >= 11 is 1.78. The number of hydrogen-bond donors (Lipinski definition) is 1. The highest BCUT2D eigenvalue weighted by Crippen LogP contribution is 2.14. The van der Waals surface area contributed by atoms with Crippen LogP contribution in [0.4, 0.5) is 0 Å². The van der Waals surface area contributed by atoms with Crippen molar-refractivity contribution >= 4 is 17.2 Å². The Balaban J connectivity index is 2.09. The van der Waals surface area contributed by atoms with Crippen LogP contribution < -0.4 is 5.32 Å². The van der Waals surface area contributed by atoms with Crippen LogP contribution in [-0.4, -0.2) is 31.4 Å². The summed E-state index contributed by atoms with van der Waals surface area (Å²) in [6.07, 6.45) is 1.53. The summed E-state index contributed by atoms with van der Waals surface area (Å²) in [5, 5.41) is 5.48. The van der Waals surface area contributed by atoms with Gasteiger partial charge < -0.3 is 10.2 Å². The van der Waals surface area contributed by atoms with Crippen molar-refractivity contribution in [3.63, 3.8) is 0 Å². The molecule has 0 saturated carbocycles. The van der Waals surface area contributed by atoms with E-state index >= 15 is 0 Å². The summed E-state index contributed by atoms with van der Waals surface area (Å²) in [6, 6.07) is 2.14. The predicted octanol–water partition coefficient (Wildman–Crippen LogP) is 2.01. The molecule has 0 bridgehead atoms. The Morgan fingerprint density at radius 1 is 1.50 bits per heavy atom. The third-order valence-electron chi connectivity index (χ3n) is 2.50. The lowest BCUT2D eigenvalue weighted by molar-refractivity contribution is -0.128. The van der Waals surface area contributed by atoms with E-state index < -0.39 is 0 Å². The molecule has 1 rings (SSSR count). The van der Waals surface area contributed by atoms with E-state index in [1.165, 1.54) is 10.4 Å².